The van der Waals surface area contributed by atoms with Gasteiger partial charge in [-0.05, 0) is 54.1 Å². The Balaban J connectivity index is 1.81. The SMILES string of the molecule is COc1ccc([C@H]2c3cccn3CCN2S(=O)(=O)c2ccc(F)cc2)cc1. The standard InChI is InChI=1S/C20H19FN2O3S/c1-26-17-8-4-15(5-9-17)20-19-3-2-12-22(19)13-14-23(20)27(24,25)18-10-6-16(21)7-11-18/h2-12,20H,13-14H2,1H3/t20-/m0/s1. The monoisotopic (exact) mass is 386 g/mol. The minimum atomic E-state index is -3.79. The summed E-state index contributed by atoms with van der Waals surface area (Å²) >= 11 is 0. The Morgan fingerprint density at radius 2 is 1.70 bits per heavy atom. The van der Waals surface area contributed by atoms with E-state index in [1.165, 1.54) is 28.6 Å². The van der Waals surface area contributed by atoms with Crippen molar-refractivity contribution < 1.29 is 17.5 Å². The Morgan fingerprint density at radius 1 is 1.00 bits per heavy atom. The molecule has 1 aromatic heterocycles. The van der Waals surface area contributed by atoms with E-state index < -0.39 is 21.9 Å². The number of halogens is 1. The predicted octanol–water partition coefficient (Wildman–Crippen LogP) is 3.43. The Labute approximate surface area is 157 Å². The van der Waals surface area contributed by atoms with E-state index >= 15 is 0 Å². The first kappa shape index (κ1) is 17.8. The van der Waals surface area contributed by atoms with Crippen molar-refractivity contribution >= 4 is 10.0 Å². The highest BCUT2D eigenvalue weighted by atomic mass is 32.2. The van der Waals surface area contributed by atoms with Crippen LogP contribution in [-0.2, 0) is 16.6 Å². The van der Waals surface area contributed by atoms with Gasteiger partial charge in [0.2, 0.25) is 10.0 Å². The van der Waals surface area contributed by atoms with Gasteiger partial charge >= 0.3 is 0 Å². The van der Waals surface area contributed by atoms with E-state index in [0.717, 1.165) is 11.3 Å². The first-order chi connectivity index (χ1) is 13.0. The van der Waals surface area contributed by atoms with Crippen molar-refractivity contribution in [2.45, 2.75) is 17.5 Å². The van der Waals surface area contributed by atoms with Gasteiger partial charge < -0.3 is 9.30 Å². The molecular formula is C20H19FN2O3S. The van der Waals surface area contributed by atoms with Crippen LogP contribution in [0.4, 0.5) is 4.39 Å². The molecule has 0 spiro atoms. The Kier molecular flexibility index (Phi) is 4.49. The normalized spacial score (nSPS) is 17.5. The zero-order valence-corrected chi connectivity index (χ0v) is 15.6. The Bertz CT molecular complexity index is 1040. The lowest BCUT2D eigenvalue weighted by molar-refractivity contribution is 0.298. The fourth-order valence-corrected chi connectivity index (χ4v) is 5.07. The number of rotatable bonds is 4. The average molecular weight is 386 g/mol. The highest BCUT2D eigenvalue weighted by Crippen LogP contribution is 2.37. The number of aromatic nitrogens is 1. The number of sulfonamides is 1. The molecule has 0 fully saturated rings. The molecular weight excluding hydrogens is 367 g/mol. The first-order valence-electron chi connectivity index (χ1n) is 8.57. The van der Waals surface area contributed by atoms with Crippen molar-refractivity contribution in [2.24, 2.45) is 0 Å². The minimum absolute atomic E-state index is 0.0856. The van der Waals surface area contributed by atoms with Crippen LogP contribution in [0.1, 0.15) is 17.3 Å². The molecule has 2 aromatic carbocycles. The van der Waals surface area contributed by atoms with Crippen molar-refractivity contribution in [2.75, 3.05) is 13.7 Å². The molecule has 0 bridgehead atoms. The quantitative estimate of drug-likeness (QED) is 0.690. The summed E-state index contributed by atoms with van der Waals surface area (Å²) in [4.78, 5) is 0.0856. The third-order valence-corrected chi connectivity index (χ3v) is 6.72. The van der Waals surface area contributed by atoms with E-state index in [1.807, 2.05) is 42.6 Å². The molecule has 7 heteroatoms. The van der Waals surface area contributed by atoms with E-state index in [4.69, 9.17) is 4.74 Å². The number of hydrogen-bond acceptors (Lipinski definition) is 3. The van der Waals surface area contributed by atoms with E-state index in [0.29, 0.717) is 18.8 Å². The number of benzene rings is 2. The number of methoxy groups -OCH3 is 1. The molecule has 4 rings (SSSR count). The van der Waals surface area contributed by atoms with Gasteiger partial charge in [-0.1, -0.05) is 12.1 Å². The van der Waals surface area contributed by atoms with Crippen LogP contribution < -0.4 is 4.74 Å². The van der Waals surface area contributed by atoms with Gasteiger partial charge in [-0.2, -0.15) is 4.31 Å². The van der Waals surface area contributed by atoms with Gasteiger partial charge in [-0.15, -0.1) is 0 Å². The number of fused-ring (bicyclic) bond motifs is 1. The van der Waals surface area contributed by atoms with Crippen LogP contribution in [0, 0.1) is 5.82 Å². The molecule has 140 valence electrons. The lowest BCUT2D eigenvalue weighted by Gasteiger charge is -2.36. The molecule has 1 atom stereocenters. The number of nitrogens with zero attached hydrogens (tertiary/aromatic N) is 2. The number of ether oxygens (including phenoxy) is 1. The van der Waals surface area contributed by atoms with Crippen LogP contribution in [0.5, 0.6) is 5.75 Å². The molecule has 3 aromatic rings. The molecule has 2 heterocycles. The summed E-state index contributed by atoms with van der Waals surface area (Å²) < 4.78 is 48.6. The van der Waals surface area contributed by atoms with Crippen LogP contribution in [0.2, 0.25) is 0 Å². The third-order valence-electron chi connectivity index (χ3n) is 4.85. The molecule has 0 radical (unpaired) electrons. The summed E-state index contributed by atoms with van der Waals surface area (Å²) in [5.74, 6) is 0.242. The first-order valence-corrected chi connectivity index (χ1v) is 10.0. The van der Waals surface area contributed by atoms with E-state index in [9.17, 15) is 12.8 Å². The van der Waals surface area contributed by atoms with E-state index in [-0.39, 0.29) is 4.90 Å². The van der Waals surface area contributed by atoms with E-state index in [2.05, 4.69) is 4.57 Å². The summed E-state index contributed by atoms with van der Waals surface area (Å²) in [6.45, 7) is 0.896. The summed E-state index contributed by atoms with van der Waals surface area (Å²) in [5.41, 5.74) is 1.75. The minimum Gasteiger partial charge on any atom is -0.497 e. The average Bonchev–Trinajstić information content (AvgIpc) is 3.16. The summed E-state index contributed by atoms with van der Waals surface area (Å²) in [5, 5.41) is 0. The fraction of sp³-hybridized carbons (Fsp3) is 0.200. The van der Waals surface area contributed by atoms with Crippen molar-refractivity contribution in [1.82, 2.24) is 8.87 Å². The van der Waals surface area contributed by atoms with Crippen molar-refractivity contribution in [3.05, 3.63) is 83.9 Å². The van der Waals surface area contributed by atoms with Gasteiger partial charge in [-0.25, -0.2) is 12.8 Å². The Morgan fingerprint density at radius 3 is 2.37 bits per heavy atom. The van der Waals surface area contributed by atoms with Crippen LogP contribution in [-0.4, -0.2) is 30.9 Å². The Hall–Kier alpha value is -2.64. The van der Waals surface area contributed by atoms with Gasteiger partial charge in [0.1, 0.15) is 11.6 Å². The van der Waals surface area contributed by atoms with Crippen LogP contribution in [0.25, 0.3) is 0 Å². The lowest BCUT2D eigenvalue weighted by atomic mass is 10.0. The molecule has 0 unspecified atom stereocenters. The van der Waals surface area contributed by atoms with Crippen LogP contribution in [0.3, 0.4) is 0 Å². The molecule has 1 aliphatic rings. The highest BCUT2D eigenvalue weighted by molar-refractivity contribution is 7.89. The maximum Gasteiger partial charge on any atom is 0.244 e. The maximum absolute atomic E-state index is 13.3. The van der Waals surface area contributed by atoms with Gasteiger partial charge in [0.25, 0.3) is 0 Å². The molecule has 27 heavy (non-hydrogen) atoms. The lowest BCUT2D eigenvalue weighted by Crippen LogP contribution is -2.42. The molecule has 0 N–H and O–H groups in total. The van der Waals surface area contributed by atoms with Crippen molar-refractivity contribution in [1.29, 1.82) is 0 Å². The van der Waals surface area contributed by atoms with Gasteiger partial charge in [0.05, 0.1) is 18.0 Å². The molecule has 0 aliphatic carbocycles. The third kappa shape index (κ3) is 3.13. The predicted molar refractivity (Wildman–Crippen MR) is 99.6 cm³/mol. The van der Waals surface area contributed by atoms with Gasteiger partial charge in [0.15, 0.2) is 0 Å². The maximum atomic E-state index is 13.3. The van der Waals surface area contributed by atoms with E-state index in [1.54, 1.807) is 7.11 Å². The molecule has 1 aliphatic heterocycles. The zero-order chi connectivity index (χ0) is 19.0. The van der Waals surface area contributed by atoms with Gasteiger partial charge in [-0.3, -0.25) is 0 Å². The molecule has 0 saturated heterocycles. The molecule has 5 nitrogen and oxygen atoms in total. The zero-order valence-electron chi connectivity index (χ0n) is 14.7. The molecule has 0 saturated carbocycles. The second-order valence-corrected chi connectivity index (χ2v) is 8.26. The summed E-state index contributed by atoms with van der Waals surface area (Å²) in [7, 11) is -2.20. The van der Waals surface area contributed by atoms with Gasteiger partial charge in [0, 0.05) is 25.0 Å². The number of hydrogen-bond donors (Lipinski definition) is 0. The van der Waals surface area contributed by atoms with Crippen LogP contribution in [0.15, 0.2) is 71.8 Å². The second-order valence-electron chi connectivity index (χ2n) is 6.37. The second kappa shape index (κ2) is 6.83. The topological polar surface area (TPSA) is 51.5 Å². The van der Waals surface area contributed by atoms with Crippen LogP contribution >= 0.6 is 0 Å². The summed E-state index contributed by atoms with van der Waals surface area (Å²) in [6.07, 6.45) is 1.95. The van der Waals surface area contributed by atoms with Crippen molar-refractivity contribution in [3.63, 3.8) is 0 Å². The smallest absolute Gasteiger partial charge is 0.244 e. The highest BCUT2D eigenvalue weighted by Gasteiger charge is 2.37. The van der Waals surface area contributed by atoms with Crippen molar-refractivity contribution in [3.8, 4) is 5.75 Å². The summed E-state index contributed by atoms with van der Waals surface area (Å²) in [6, 6.07) is 15.7. The fourth-order valence-electron chi connectivity index (χ4n) is 3.49. The largest absolute Gasteiger partial charge is 0.497 e. The molecule has 0 amide bonds.